The number of morpholine rings is 1. The van der Waals surface area contributed by atoms with Gasteiger partial charge in [-0.3, -0.25) is 29.0 Å². The molecule has 1 fully saturated rings. The van der Waals surface area contributed by atoms with E-state index in [1.54, 1.807) is 0 Å². The lowest BCUT2D eigenvalue weighted by Crippen LogP contribution is -2.39. The van der Waals surface area contributed by atoms with Crippen molar-refractivity contribution in [1.29, 1.82) is 0 Å². The third kappa shape index (κ3) is 4.99. The second-order valence-electron chi connectivity index (χ2n) is 7.54. The fraction of sp³-hybridized carbons (Fsp3) is 0.348. The molecule has 1 N–H and O–H groups in total. The number of nitrogens with one attached hydrogen (secondary N) is 1. The molecule has 0 saturated carbocycles. The van der Waals surface area contributed by atoms with Gasteiger partial charge >= 0.3 is 0 Å². The Morgan fingerprint density at radius 3 is 2.48 bits per heavy atom. The number of ether oxygens (including phenoxy) is 1. The summed E-state index contributed by atoms with van der Waals surface area (Å²) in [6, 6.07) is 14.0. The topological polar surface area (TPSA) is 88.2 Å². The molecule has 0 unspecified atom stereocenters. The van der Waals surface area contributed by atoms with E-state index in [9.17, 15) is 14.4 Å². The van der Waals surface area contributed by atoms with Crippen LogP contribution in [0.25, 0.3) is 0 Å². The Bertz CT molecular complexity index is 957. The third-order valence-electron chi connectivity index (χ3n) is 5.44. The Morgan fingerprint density at radius 2 is 1.71 bits per heavy atom. The highest BCUT2D eigenvalue weighted by molar-refractivity contribution is 6.22. The third-order valence-corrected chi connectivity index (χ3v) is 5.44. The van der Waals surface area contributed by atoms with Crippen molar-refractivity contribution in [3.05, 3.63) is 70.8 Å². The molecular weight excluding hydrogens is 398 g/mol. The Morgan fingerprint density at radius 1 is 0.968 bits per heavy atom. The van der Waals surface area contributed by atoms with Gasteiger partial charge in [-0.15, -0.1) is 0 Å². The average molecular weight is 423 g/mol. The number of nitrogens with zero attached hydrogens (tertiary/aromatic N) is 2. The minimum atomic E-state index is -0.468. The number of hydroxylamine groups is 1. The molecule has 162 valence electrons. The van der Waals surface area contributed by atoms with E-state index in [4.69, 9.17) is 9.57 Å². The summed E-state index contributed by atoms with van der Waals surface area (Å²) in [5, 5.41) is 0. The highest BCUT2D eigenvalue weighted by Crippen LogP contribution is 2.24. The fourth-order valence-corrected chi connectivity index (χ4v) is 3.73. The van der Waals surface area contributed by atoms with Gasteiger partial charge in [0, 0.05) is 31.7 Å². The van der Waals surface area contributed by atoms with Crippen LogP contribution in [0, 0.1) is 0 Å². The number of carbonyl (C=O) groups excluding carboxylic acids is 3. The number of imide groups is 1. The van der Waals surface area contributed by atoms with Crippen molar-refractivity contribution in [3.63, 3.8) is 0 Å². The van der Waals surface area contributed by atoms with Crippen molar-refractivity contribution in [2.75, 3.05) is 39.4 Å². The van der Waals surface area contributed by atoms with Gasteiger partial charge in [-0.05, 0) is 30.2 Å². The standard InChI is InChI=1S/C23H25N3O5/c27-21(24-31-16-17-5-2-1-3-6-17)18-7-8-19-20(15-18)23(29)26(22(19)28)10-4-9-25-11-13-30-14-12-25/h1-3,5-8,15H,4,9-14,16H2,(H,24,27). The van der Waals surface area contributed by atoms with Crippen LogP contribution in [0.1, 0.15) is 43.1 Å². The lowest BCUT2D eigenvalue weighted by atomic mass is 10.1. The van der Waals surface area contributed by atoms with Crippen molar-refractivity contribution in [2.24, 2.45) is 0 Å². The van der Waals surface area contributed by atoms with Crippen LogP contribution in [0.4, 0.5) is 0 Å². The van der Waals surface area contributed by atoms with Crippen LogP contribution in [0.2, 0.25) is 0 Å². The molecule has 2 aliphatic rings. The molecule has 0 spiro atoms. The SMILES string of the molecule is O=C(NOCc1ccccc1)c1ccc2c(c1)C(=O)N(CCCN1CCOCC1)C2=O. The first kappa shape index (κ1) is 21.2. The van der Waals surface area contributed by atoms with E-state index in [0.717, 1.165) is 25.2 Å². The lowest BCUT2D eigenvalue weighted by Gasteiger charge is -2.27. The Balaban J connectivity index is 1.32. The normalized spacial score (nSPS) is 16.5. The summed E-state index contributed by atoms with van der Waals surface area (Å²) < 4.78 is 5.33. The van der Waals surface area contributed by atoms with Crippen molar-refractivity contribution >= 4 is 17.7 Å². The quantitative estimate of drug-likeness (QED) is 0.515. The molecular formula is C23H25N3O5. The molecule has 4 rings (SSSR count). The number of hydrogen-bond donors (Lipinski definition) is 1. The maximum atomic E-state index is 12.8. The van der Waals surface area contributed by atoms with Gasteiger partial charge in [0.1, 0.15) is 0 Å². The van der Waals surface area contributed by atoms with Gasteiger partial charge in [0.2, 0.25) is 0 Å². The second kappa shape index (κ2) is 9.82. The van der Waals surface area contributed by atoms with E-state index >= 15 is 0 Å². The molecule has 0 aromatic heterocycles. The van der Waals surface area contributed by atoms with Crippen molar-refractivity contribution < 1.29 is 24.0 Å². The van der Waals surface area contributed by atoms with Crippen LogP contribution in [0.15, 0.2) is 48.5 Å². The molecule has 0 atom stereocenters. The largest absolute Gasteiger partial charge is 0.379 e. The Labute approximate surface area is 180 Å². The molecule has 2 heterocycles. The van der Waals surface area contributed by atoms with E-state index in [-0.39, 0.29) is 29.5 Å². The highest BCUT2D eigenvalue weighted by atomic mass is 16.6. The van der Waals surface area contributed by atoms with Crippen LogP contribution in [-0.4, -0.2) is 66.9 Å². The number of carbonyl (C=O) groups is 3. The minimum Gasteiger partial charge on any atom is -0.379 e. The number of benzene rings is 2. The molecule has 0 radical (unpaired) electrons. The van der Waals surface area contributed by atoms with E-state index in [0.29, 0.717) is 31.7 Å². The molecule has 2 aromatic carbocycles. The summed E-state index contributed by atoms with van der Waals surface area (Å²) in [5.74, 6) is -1.14. The maximum absolute atomic E-state index is 12.8. The van der Waals surface area contributed by atoms with Gasteiger partial charge in [-0.1, -0.05) is 30.3 Å². The number of hydrogen-bond acceptors (Lipinski definition) is 6. The zero-order valence-electron chi connectivity index (χ0n) is 17.2. The van der Waals surface area contributed by atoms with E-state index in [2.05, 4.69) is 10.4 Å². The summed E-state index contributed by atoms with van der Waals surface area (Å²) in [6.07, 6.45) is 0.701. The summed E-state index contributed by atoms with van der Waals surface area (Å²) in [5.41, 5.74) is 4.16. The first-order valence-electron chi connectivity index (χ1n) is 10.4. The summed E-state index contributed by atoms with van der Waals surface area (Å²) in [7, 11) is 0. The molecule has 0 bridgehead atoms. The van der Waals surface area contributed by atoms with Gasteiger partial charge in [-0.25, -0.2) is 5.48 Å². The molecule has 8 nitrogen and oxygen atoms in total. The Kier molecular flexibility index (Phi) is 6.71. The van der Waals surface area contributed by atoms with Gasteiger partial charge in [0.15, 0.2) is 0 Å². The molecule has 1 saturated heterocycles. The lowest BCUT2D eigenvalue weighted by molar-refractivity contribution is 0.0233. The van der Waals surface area contributed by atoms with Crippen LogP contribution < -0.4 is 5.48 Å². The Hall–Kier alpha value is -3.07. The first-order valence-corrected chi connectivity index (χ1v) is 10.4. The smallest absolute Gasteiger partial charge is 0.274 e. The second-order valence-corrected chi connectivity index (χ2v) is 7.54. The van der Waals surface area contributed by atoms with E-state index < -0.39 is 5.91 Å². The highest BCUT2D eigenvalue weighted by Gasteiger charge is 2.35. The molecule has 31 heavy (non-hydrogen) atoms. The van der Waals surface area contributed by atoms with Crippen molar-refractivity contribution in [1.82, 2.24) is 15.3 Å². The van der Waals surface area contributed by atoms with Gasteiger partial charge in [0.05, 0.1) is 30.9 Å². The van der Waals surface area contributed by atoms with Crippen molar-refractivity contribution in [3.8, 4) is 0 Å². The van der Waals surface area contributed by atoms with Crippen LogP contribution >= 0.6 is 0 Å². The van der Waals surface area contributed by atoms with Crippen LogP contribution in [0.3, 0.4) is 0 Å². The van der Waals surface area contributed by atoms with Crippen molar-refractivity contribution in [2.45, 2.75) is 13.0 Å². The van der Waals surface area contributed by atoms with Gasteiger partial charge in [-0.2, -0.15) is 0 Å². The first-order chi connectivity index (χ1) is 15.1. The molecule has 2 aromatic rings. The zero-order chi connectivity index (χ0) is 21.6. The number of fused-ring (bicyclic) bond motifs is 1. The number of rotatable bonds is 8. The molecule has 3 amide bonds. The summed E-state index contributed by atoms with van der Waals surface area (Å²) >= 11 is 0. The average Bonchev–Trinajstić information content (AvgIpc) is 3.05. The van der Waals surface area contributed by atoms with Gasteiger partial charge < -0.3 is 4.74 Å². The molecule has 8 heteroatoms. The number of amides is 3. The fourth-order valence-electron chi connectivity index (χ4n) is 3.73. The van der Waals surface area contributed by atoms with E-state index in [1.807, 2.05) is 30.3 Å². The molecule has 0 aliphatic carbocycles. The van der Waals surface area contributed by atoms with Gasteiger partial charge in [0.25, 0.3) is 17.7 Å². The zero-order valence-corrected chi connectivity index (χ0v) is 17.2. The summed E-state index contributed by atoms with van der Waals surface area (Å²) in [6.45, 7) is 4.56. The minimum absolute atomic E-state index is 0.228. The van der Waals surface area contributed by atoms with E-state index in [1.165, 1.54) is 23.1 Å². The predicted octanol–water partition coefficient (Wildman–Crippen LogP) is 1.87. The van der Waals surface area contributed by atoms with Crippen LogP contribution in [-0.2, 0) is 16.2 Å². The monoisotopic (exact) mass is 423 g/mol. The predicted molar refractivity (Wildman–Crippen MR) is 112 cm³/mol. The summed E-state index contributed by atoms with van der Waals surface area (Å²) in [4.78, 5) is 46.6. The maximum Gasteiger partial charge on any atom is 0.274 e. The van der Waals surface area contributed by atoms with Crippen LogP contribution in [0.5, 0.6) is 0 Å². The molecule has 2 aliphatic heterocycles.